The molecule has 1 aliphatic rings. The van der Waals surface area contributed by atoms with Crippen molar-refractivity contribution in [3.05, 3.63) is 0 Å². The van der Waals surface area contributed by atoms with Crippen LogP contribution in [0.5, 0.6) is 0 Å². The average molecular weight is 277 g/mol. The Morgan fingerprint density at radius 1 is 1.22 bits per heavy atom. The average Bonchev–Trinajstić information content (AvgIpc) is 2.52. The fourth-order valence-corrected chi connectivity index (χ4v) is 3.52. The van der Waals surface area contributed by atoms with Crippen LogP contribution >= 0.6 is 0 Å². The molecular formula is C13H27NO3S. The molecule has 0 bridgehead atoms. The number of rotatable bonds is 6. The lowest BCUT2D eigenvalue weighted by Crippen LogP contribution is -2.50. The number of sulfone groups is 1. The molecule has 1 atom stereocenters. The van der Waals surface area contributed by atoms with Crippen LogP contribution in [0.25, 0.3) is 0 Å². The Morgan fingerprint density at radius 2 is 1.78 bits per heavy atom. The standard InChI is InChI=1S/C13H27NO3S/c1-3-17-13(9-6-4-5-7-10-13)12(14)8-11-18(2,15)16/h12H,3-11,14H2,1-2H3. The predicted octanol–water partition coefficient (Wildman–Crippen LogP) is 1.88. The van der Waals surface area contributed by atoms with E-state index >= 15 is 0 Å². The molecule has 18 heavy (non-hydrogen) atoms. The summed E-state index contributed by atoms with van der Waals surface area (Å²) in [5.41, 5.74) is 5.96. The number of nitrogens with two attached hydrogens (primary N) is 1. The highest BCUT2D eigenvalue weighted by Gasteiger charge is 2.37. The molecule has 0 aliphatic heterocycles. The Balaban J connectivity index is 2.69. The summed E-state index contributed by atoms with van der Waals surface area (Å²) in [5, 5.41) is 0. The summed E-state index contributed by atoms with van der Waals surface area (Å²) in [7, 11) is -2.94. The van der Waals surface area contributed by atoms with E-state index < -0.39 is 9.84 Å². The quantitative estimate of drug-likeness (QED) is 0.753. The second-order valence-electron chi connectivity index (χ2n) is 5.44. The maximum absolute atomic E-state index is 11.3. The van der Waals surface area contributed by atoms with Crippen molar-refractivity contribution in [3.8, 4) is 0 Å². The van der Waals surface area contributed by atoms with Gasteiger partial charge in [-0.2, -0.15) is 0 Å². The minimum absolute atomic E-state index is 0.156. The lowest BCUT2D eigenvalue weighted by molar-refractivity contribution is -0.0689. The van der Waals surface area contributed by atoms with Crippen LogP contribution in [0.15, 0.2) is 0 Å². The molecule has 5 heteroatoms. The van der Waals surface area contributed by atoms with Crippen molar-refractivity contribution in [3.63, 3.8) is 0 Å². The van der Waals surface area contributed by atoms with Crippen molar-refractivity contribution in [2.75, 3.05) is 18.6 Å². The van der Waals surface area contributed by atoms with Crippen LogP contribution in [0.2, 0.25) is 0 Å². The zero-order valence-corrected chi connectivity index (χ0v) is 12.5. The van der Waals surface area contributed by atoms with Gasteiger partial charge in [-0.05, 0) is 26.2 Å². The monoisotopic (exact) mass is 277 g/mol. The van der Waals surface area contributed by atoms with Gasteiger partial charge in [-0.3, -0.25) is 0 Å². The van der Waals surface area contributed by atoms with Gasteiger partial charge in [0.25, 0.3) is 0 Å². The molecule has 1 unspecified atom stereocenters. The van der Waals surface area contributed by atoms with Gasteiger partial charge >= 0.3 is 0 Å². The van der Waals surface area contributed by atoms with Gasteiger partial charge < -0.3 is 10.5 Å². The van der Waals surface area contributed by atoms with Gasteiger partial charge in [-0.25, -0.2) is 8.42 Å². The van der Waals surface area contributed by atoms with Crippen molar-refractivity contribution in [1.29, 1.82) is 0 Å². The van der Waals surface area contributed by atoms with E-state index in [0.717, 1.165) is 25.7 Å². The highest BCUT2D eigenvalue weighted by Crippen LogP contribution is 2.34. The second-order valence-corrected chi connectivity index (χ2v) is 7.70. The van der Waals surface area contributed by atoms with Crippen molar-refractivity contribution in [2.45, 2.75) is 63.5 Å². The molecule has 0 aromatic carbocycles. The summed E-state index contributed by atoms with van der Waals surface area (Å²) in [6.45, 7) is 2.63. The third-order valence-corrected chi connectivity index (χ3v) is 4.83. The van der Waals surface area contributed by atoms with Crippen molar-refractivity contribution in [2.24, 2.45) is 5.73 Å². The second kappa shape index (κ2) is 6.87. The van der Waals surface area contributed by atoms with Crippen LogP contribution in [0.1, 0.15) is 51.9 Å². The van der Waals surface area contributed by atoms with Crippen LogP contribution < -0.4 is 5.73 Å². The summed E-state index contributed by atoms with van der Waals surface area (Å²) in [4.78, 5) is 0. The van der Waals surface area contributed by atoms with Crippen molar-refractivity contribution >= 4 is 9.84 Å². The highest BCUT2D eigenvalue weighted by molar-refractivity contribution is 7.90. The maximum atomic E-state index is 11.3. The molecule has 4 nitrogen and oxygen atoms in total. The first kappa shape index (κ1) is 15.9. The summed E-state index contributed by atoms with van der Waals surface area (Å²) in [6.07, 6.45) is 8.41. The van der Waals surface area contributed by atoms with E-state index in [1.165, 1.54) is 19.1 Å². The molecule has 2 N–H and O–H groups in total. The van der Waals surface area contributed by atoms with E-state index in [1.54, 1.807) is 0 Å². The Bertz CT molecular complexity index is 332. The van der Waals surface area contributed by atoms with Gasteiger partial charge in [0.15, 0.2) is 0 Å². The van der Waals surface area contributed by atoms with Crippen LogP contribution in [0.4, 0.5) is 0 Å². The first-order chi connectivity index (χ1) is 8.40. The highest BCUT2D eigenvalue weighted by atomic mass is 32.2. The topological polar surface area (TPSA) is 69.4 Å². The van der Waals surface area contributed by atoms with E-state index in [0.29, 0.717) is 13.0 Å². The minimum Gasteiger partial charge on any atom is -0.374 e. The summed E-state index contributed by atoms with van der Waals surface area (Å²) < 4.78 is 28.5. The van der Waals surface area contributed by atoms with E-state index in [2.05, 4.69) is 0 Å². The molecule has 0 heterocycles. The molecule has 0 radical (unpaired) electrons. The Hall–Kier alpha value is -0.130. The first-order valence-corrected chi connectivity index (χ1v) is 9.03. The van der Waals surface area contributed by atoms with E-state index in [4.69, 9.17) is 10.5 Å². The fraction of sp³-hybridized carbons (Fsp3) is 1.00. The van der Waals surface area contributed by atoms with Crippen LogP contribution in [-0.4, -0.2) is 38.7 Å². The van der Waals surface area contributed by atoms with Crippen LogP contribution in [0.3, 0.4) is 0 Å². The minimum atomic E-state index is -2.94. The molecule has 1 aliphatic carbocycles. The normalized spacial score (nSPS) is 22.4. The zero-order valence-electron chi connectivity index (χ0n) is 11.7. The van der Waals surface area contributed by atoms with Gasteiger partial charge in [-0.1, -0.05) is 25.7 Å². The van der Waals surface area contributed by atoms with Crippen LogP contribution in [0, 0.1) is 0 Å². The van der Waals surface area contributed by atoms with E-state index in [9.17, 15) is 8.42 Å². The predicted molar refractivity (Wildman–Crippen MR) is 74.4 cm³/mol. The summed E-state index contributed by atoms with van der Waals surface area (Å²) in [5.74, 6) is 0.156. The lowest BCUT2D eigenvalue weighted by atomic mass is 9.85. The summed E-state index contributed by atoms with van der Waals surface area (Å²) >= 11 is 0. The van der Waals surface area contributed by atoms with Crippen LogP contribution in [-0.2, 0) is 14.6 Å². The first-order valence-electron chi connectivity index (χ1n) is 6.97. The summed E-state index contributed by atoms with van der Waals surface area (Å²) in [6, 6.07) is -0.176. The zero-order chi connectivity index (χ0) is 13.6. The van der Waals surface area contributed by atoms with E-state index in [-0.39, 0.29) is 17.4 Å². The molecule has 0 amide bonds. The van der Waals surface area contributed by atoms with Crippen molar-refractivity contribution < 1.29 is 13.2 Å². The molecule has 1 fully saturated rings. The SMILES string of the molecule is CCOC1(C(N)CCS(C)(=O)=O)CCCCCC1. The third-order valence-electron chi connectivity index (χ3n) is 3.86. The molecule has 0 spiro atoms. The van der Waals surface area contributed by atoms with Gasteiger partial charge in [-0.15, -0.1) is 0 Å². The number of hydrogen-bond acceptors (Lipinski definition) is 4. The fourth-order valence-electron chi connectivity index (χ4n) is 2.84. The molecule has 108 valence electrons. The molecule has 0 aromatic rings. The number of hydrogen-bond donors (Lipinski definition) is 1. The lowest BCUT2D eigenvalue weighted by Gasteiger charge is -2.38. The smallest absolute Gasteiger partial charge is 0.147 e. The van der Waals surface area contributed by atoms with Gasteiger partial charge in [0, 0.05) is 18.9 Å². The van der Waals surface area contributed by atoms with Gasteiger partial charge in [0.2, 0.25) is 0 Å². The number of ether oxygens (including phenoxy) is 1. The third kappa shape index (κ3) is 4.86. The van der Waals surface area contributed by atoms with Gasteiger partial charge in [0.05, 0.1) is 11.4 Å². The Labute approximate surface area is 111 Å². The Kier molecular flexibility index (Phi) is 6.08. The van der Waals surface area contributed by atoms with Gasteiger partial charge in [0.1, 0.15) is 9.84 Å². The molecule has 0 aromatic heterocycles. The molecule has 1 rings (SSSR count). The Morgan fingerprint density at radius 3 is 2.22 bits per heavy atom. The maximum Gasteiger partial charge on any atom is 0.147 e. The molecule has 1 saturated carbocycles. The van der Waals surface area contributed by atoms with E-state index in [1.807, 2.05) is 6.92 Å². The molecular weight excluding hydrogens is 250 g/mol. The largest absolute Gasteiger partial charge is 0.374 e. The van der Waals surface area contributed by atoms with Crippen molar-refractivity contribution in [1.82, 2.24) is 0 Å². The molecule has 0 saturated heterocycles.